The molecule has 0 heterocycles. The Morgan fingerprint density at radius 3 is 2.50 bits per heavy atom. The minimum atomic E-state index is -0.887. The topological polar surface area (TPSA) is 66.8 Å². The van der Waals surface area contributed by atoms with Crippen molar-refractivity contribution in [2.24, 2.45) is 0 Å². The van der Waals surface area contributed by atoms with Crippen molar-refractivity contribution in [2.75, 3.05) is 0 Å². The fraction of sp³-hybridized carbons (Fsp3) is 0.208. The zero-order chi connectivity index (χ0) is 19.9. The fourth-order valence-corrected chi connectivity index (χ4v) is 3.26. The molecular weight excluding hydrogens is 352 g/mol. The first kappa shape index (κ1) is 19.5. The van der Waals surface area contributed by atoms with Crippen LogP contribution in [0.25, 0.3) is 0 Å². The third kappa shape index (κ3) is 5.13. The summed E-state index contributed by atoms with van der Waals surface area (Å²) in [5.74, 6) is 0.198. The van der Waals surface area contributed by atoms with E-state index in [4.69, 9.17) is 9.84 Å². The Hall–Kier alpha value is -3.27. The smallest absolute Gasteiger partial charge is 0.335 e. The molecule has 0 bridgehead atoms. The maximum Gasteiger partial charge on any atom is 0.335 e. The number of hydrogen-bond donors (Lipinski definition) is 2. The van der Waals surface area contributed by atoms with Gasteiger partial charge >= 0.3 is 5.97 Å². The van der Waals surface area contributed by atoms with Gasteiger partial charge in [-0.15, -0.1) is 0 Å². The maximum atomic E-state index is 11.1. The third-order valence-electron chi connectivity index (χ3n) is 4.71. The van der Waals surface area contributed by atoms with E-state index in [1.54, 1.807) is 24.3 Å². The Morgan fingerprint density at radius 2 is 1.75 bits per heavy atom. The number of carboxylic acid groups (broad SMARTS) is 1. The van der Waals surface area contributed by atoms with Gasteiger partial charge in [0.2, 0.25) is 0 Å². The zero-order valence-electron chi connectivity index (χ0n) is 15.9. The molecule has 4 nitrogen and oxygen atoms in total. The number of para-hydroxylation sites is 1. The van der Waals surface area contributed by atoms with Crippen molar-refractivity contribution < 1.29 is 19.7 Å². The van der Waals surface area contributed by atoms with Crippen molar-refractivity contribution in [2.45, 2.75) is 32.8 Å². The molecular formula is C24H24O4. The number of phenols is 1. The van der Waals surface area contributed by atoms with Gasteiger partial charge in [0.05, 0.1) is 5.56 Å². The van der Waals surface area contributed by atoms with Gasteiger partial charge in [0, 0.05) is 0 Å². The summed E-state index contributed by atoms with van der Waals surface area (Å²) in [6.07, 6.45) is 2.69. The third-order valence-corrected chi connectivity index (χ3v) is 4.71. The van der Waals surface area contributed by atoms with Crippen molar-refractivity contribution in [1.29, 1.82) is 0 Å². The molecule has 0 aliphatic carbocycles. The van der Waals surface area contributed by atoms with E-state index in [0.29, 0.717) is 12.2 Å². The van der Waals surface area contributed by atoms with Crippen LogP contribution < -0.4 is 4.74 Å². The lowest BCUT2D eigenvalue weighted by atomic mass is 9.99. The summed E-state index contributed by atoms with van der Waals surface area (Å²) >= 11 is 0. The van der Waals surface area contributed by atoms with E-state index in [2.05, 4.69) is 6.07 Å². The number of aromatic hydroxyl groups is 1. The number of benzene rings is 3. The normalized spacial score (nSPS) is 10.6. The Balaban J connectivity index is 1.59. The van der Waals surface area contributed by atoms with Crippen LogP contribution in [0.2, 0.25) is 0 Å². The summed E-state index contributed by atoms with van der Waals surface area (Å²) in [7, 11) is 0. The zero-order valence-corrected chi connectivity index (χ0v) is 15.9. The van der Waals surface area contributed by atoms with Crippen molar-refractivity contribution in [3.05, 3.63) is 94.5 Å². The van der Waals surface area contributed by atoms with Gasteiger partial charge in [-0.25, -0.2) is 4.79 Å². The van der Waals surface area contributed by atoms with E-state index < -0.39 is 5.97 Å². The molecule has 0 saturated heterocycles. The van der Waals surface area contributed by atoms with Crippen LogP contribution in [0.15, 0.2) is 66.7 Å². The quantitative estimate of drug-likeness (QED) is 0.570. The number of carboxylic acids is 1. The summed E-state index contributed by atoms with van der Waals surface area (Å²) in [5, 5.41) is 18.7. The first-order valence-corrected chi connectivity index (χ1v) is 9.34. The van der Waals surface area contributed by atoms with E-state index in [-0.39, 0.29) is 5.75 Å². The molecule has 4 heteroatoms. The first-order chi connectivity index (χ1) is 13.5. The summed E-state index contributed by atoms with van der Waals surface area (Å²) in [5.41, 5.74) is 4.35. The average molecular weight is 376 g/mol. The number of aromatic carboxylic acids is 1. The van der Waals surface area contributed by atoms with Crippen molar-refractivity contribution in [3.63, 3.8) is 0 Å². The molecule has 0 atom stereocenters. The molecule has 28 heavy (non-hydrogen) atoms. The Labute approximate surface area is 165 Å². The highest BCUT2D eigenvalue weighted by Gasteiger charge is 2.08. The van der Waals surface area contributed by atoms with Gasteiger partial charge in [-0.2, -0.15) is 0 Å². The highest BCUT2D eigenvalue weighted by molar-refractivity contribution is 5.89. The Bertz CT molecular complexity index is 962. The molecule has 0 fully saturated rings. The van der Waals surface area contributed by atoms with Gasteiger partial charge in [0.25, 0.3) is 0 Å². The number of hydrogen-bond acceptors (Lipinski definition) is 3. The second-order valence-electron chi connectivity index (χ2n) is 6.87. The lowest BCUT2D eigenvalue weighted by molar-refractivity contribution is 0.0696. The molecule has 0 aromatic heterocycles. The molecule has 0 aliphatic rings. The summed E-state index contributed by atoms with van der Waals surface area (Å²) < 4.78 is 5.97. The van der Waals surface area contributed by atoms with Gasteiger partial charge in [-0.05, 0) is 72.7 Å². The van der Waals surface area contributed by atoms with Crippen LogP contribution in [0.1, 0.15) is 39.0 Å². The molecule has 2 N–H and O–H groups in total. The van der Waals surface area contributed by atoms with Gasteiger partial charge in [0.15, 0.2) is 0 Å². The van der Waals surface area contributed by atoms with Crippen LogP contribution in [0, 0.1) is 6.92 Å². The summed E-state index contributed by atoms with van der Waals surface area (Å²) in [6, 6.07) is 20.6. The molecule has 0 radical (unpaired) electrons. The predicted molar refractivity (Wildman–Crippen MR) is 109 cm³/mol. The molecule has 3 aromatic carbocycles. The lowest BCUT2D eigenvalue weighted by Gasteiger charge is -2.12. The number of aryl methyl sites for hydroxylation is 3. The summed E-state index contributed by atoms with van der Waals surface area (Å²) in [6.45, 7) is 2.23. The minimum absolute atomic E-state index is 0.235. The monoisotopic (exact) mass is 376 g/mol. The second kappa shape index (κ2) is 9.09. The van der Waals surface area contributed by atoms with Crippen molar-refractivity contribution in [1.82, 2.24) is 0 Å². The number of ether oxygens (including phenoxy) is 1. The van der Waals surface area contributed by atoms with Gasteiger partial charge in [-0.1, -0.05) is 42.5 Å². The van der Waals surface area contributed by atoms with Crippen LogP contribution in [0.4, 0.5) is 0 Å². The fourth-order valence-electron chi connectivity index (χ4n) is 3.26. The van der Waals surface area contributed by atoms with Crippen LogP contribution in [-0.2, 0) is 19.4 Å². The van der Waals surface area contributed by atoms with Gasteiger partial charge in [-0.3, -0.25) is 0 Å². The van der Waals surface area contributed by atoms with Gasteiger partial charge in [0.1, 0.15) is 18.1 Å². The number of rotatable bonds is 8. The SMILES string of the molecule is Cc1cc(CCCc2ccccc2OCc2cccc(O)c2)ccc1C(=O)O. The molecule has 0 saturated carbocycles. The maximum absolute atomic E-state index is 11.1. The molecule has 0 aliphatic heterocycles. The molecule has 0 unspecified atom stereocenters. The standard InChI is InChI=1S/C24H24O4/c1-17-14-18(12-13-22(17)24(26)27)6-4-9-20-8-2-3-11-23(20)28-16-19-7-5-10-21(25)15-19/h2-3,5,7-8,10-15,25H,4,6,9,16H2,1H3,(H,26,27). The first-order valence-electron chi connectivity index (χ1n) is 9.34. The largest absolute Gasteiger partial charge is 0.508 e. The molecule has 0 spiro atoms. The van der Waals surface area contributed by atoms with Crippen LogP contribution >= 0.6 is 0 Å². The van der Waals surface area contributed by atoms with E-state index in [0.717, 1.165) is 47.3 Å². The molecule has 3 aromatic rings. The molecule has 3 rings (SSSR count). The molecule has 144 valence electrons. The predicted octanol–water partition coefficient (Wildman–Crippen LogP) is 5.15. The van der Waals surface area contributed by atoms with Crippen molar-refractivity contribution >= 4 is 5.97 Å². The van der Waals surface area contributed by atoms with E-state index in [9.17, 15) is 9.90 Å². The van der Waals surface area contributed by atoms with Crippen molar-refractivity contribution in [3.8, 4) is 11.5 Å². The second-order valence-corrected chi connectivity index (χ2v) is 6.87. The number of carbonyl (C=O) groups is 1. The Morgan fingerprint density at radius 1 is 0.929 bits per heavy atom. The minimum Gasteiger partial charge on any atom is -0.508 e. The van der Waals surface area contributed by atoms with Crippen LogP contribution in [0.5, 0.6) is 11.5 Å². The number of phenolic OH excluding ortho intramolecular Hbond substituents is 1. The van der Waals surface area contributed by atoms with E-state index in [1.807, 2.05) is 43.3 Å². The van der Waals surface area contributed by atoms with Crippen LogP contribution in [0.3, 0.4) is 0 Å². The average Bonchev–Trinajstić information content (AvgIpc) is 2.67. The molecule has 0 amide bonds. The Kier molecular flexibility index (Phi) is 6.33. The van der Waals surface area contributed by atoms with E-state index in [1.165, 1.54) is 0 Å². The highest BCUT2D eigenvalue weighted by Crippen LogP contribution is 2.23. The van der Waals surface area contributed by atoms with Gasteiger partial charge < -0.3 is 14.9 Å². The lowest BCUT2D eigenvalue weighted by Crippen LogP contribution is -2.01. The summed E-state index contributed by atoms with van der Waals surface area (Å²) in [4.78, 5) is 11.1. The van der Waals surface area contributed by atoms with E-state index >= 15 is 0 Å². The highest BCUT2D eigenvalue weighted by atomic mass is 16.5. The van der Waals surface area contributed by atoms with Crippen LogP contribution in [-0.4, -0.2) is 16.2 Å².